The minimum absolute atomic E-state index is 0.00651. The van der Waals surface area contributed by atoms with Crippen molar-refractivity contribution < 1.29 is 4.74 Å². The van der Waals surface area contributed by atoms with Gasteiger partial charge >= 0.3 is 0 Å². The number of aryl methyl sites for hydroxylation is 1. The largest absolute Gasteiger partial charge is 0.458 e. The molecular weight excluding hydrogens is 605 g/mol. The van der Waals surface area contributed by atoms with Crippen molar-refractivity contribution >= 4 is 40.2 Å². The molecule has 3 heteroatoms. The van der Waals surface area contributed by atoms with Crippen LogP contribution in [0.15, 0.2) is 91.0 Å². The second kappa shape index (κ2) is 11.4. The zero-order valence-corrected chi connectivity index (χ0v) is 32.6. The maximum atomic E-state index is 6.85. The number of hydrogen-bond donors (Lipinski definition) is 0. The van der Waals surface area contributed by atoms with Crippen molar-refractivity contribution in [2.45, 2.75) is 112 Å². The van der Waals surface area contributed by atoms with E-state index in [1.807, 2.05) is 0 Å². The van der Waals surface area contributed by atoms with Gasteiger partial charge < -0.3 is 9.64 Å². The van der Waals surface area contributed by atoms with Crippen molar-refractivity contribution in [3.05, 3.63) is 119 Å². The third-order valence-corrected chi connectivity index (χ3v) is 10.8. The Morgan fingerprint density at radius 1 is 0.460 bits per heavy atom. The van der Waals surface area contributed by atoms with Gasteiger partial charge in [0, 0.05) is 16.9 Å². The Morgan fingerprint density at radius 3 is 1.62 bits per heavy atom. The van der Waals surface area contributed by atoms with E-state index in [2.05, 4.69) is 186 Å². The number of nitrogens with zero attached hydrogens (tertiary/aromatic N) is 1. The van der Waals surface area contributed by atoms with Gasteiger partial charge in [0.2, 0.25) is 0 Å². The van der Waals surface area contributed by atoms with E-state index >= 15 is 0 Å². The van der Waals surface area contributed by atoms with E-state index in [0.717, 1.165) is 11.5 Å². The lowest BCUT2D eigenvalue weighted by atomic mass is 9.34. The second-order valence-electron chi connectivity index (χ2n) is 18.9. The summed E-state index contributed by atoms with van der Waals surface area (Å²) < 4.78 is 6.85. The van der Waals surface area contributed by atoms with Crippen molar-refractivity contribution in [2.24, 2.45) is 0 Å². The number of rotatable bonds is 2. The fourth-order valence-electron chi connectivity index (χ4n) is 7.65. The molecule has 0 N–H and O–H groups in total. The first-order valence-electron chi connectivity index (χ1n) is 18.4. The Labute approximate surface area is 302 Å². The van der Waals surface area contributed by atoms with E-state index in [1.165, 1.54) is 72.4 Å². The highest BCUT2D eigenvalue weighted by Gasteiger charge is 2.43. The van der Waals surface area contributed by atoms with E-state index < -0.39 is 0 Å². The summed E-state index contributed by atoms with van der Waals surface area (Å²) in [7, 11) is 0. The summed E-state index contributed by atoms with van der Waals surface area (Å²) in [5.74, 6) is 1.92. The number of ether oxygens (including phenoxy) is 1. The quantitative estimate of drug-likeness (QED) is 0.171. The summed E-state index contributed by atoms with van der Waals surface area (Å²) >= 11 is 0. The lowest BCUT2D eigenvalue weighted by Crippen LogP contribution is -2.59. The van der Waals surface area contributed by atoms with Gasteiger partial charge in [0.1, 0.15) is 11.5 Å². The number of benzene rings is 5. The molecule has 0 saturated carbocycles. The van der Waals surface area contributed by atoms with Crippen LogP contribution in [0.4, 0.5) is 17.1 Å². The predicted molar refractivity (Wildman–Crippen MR) is 217 cm³/mol. The molecule has 2 aliphatic heterocycles. The van der Waals surface area contributed by atoms with Crippen molar-refractivity contribution in [1.82, 2.24) is 0 Å². The molecular formula is C47H54BNO. The number of fused-ring (bicyclic) bond motifs is 4. The molecule has 2 aliphatic rings. The normalized spacial score (nSPS) is 14.2. The lowest BCUT2D eigenvalue weighted by Gasteiger charge is -2.42. The Kier molecular flexibility index (Phi) is 7.80. The van der Waals surface area contributed by atoms with Crippen LogP contribution in [0.2, 0.25) is 0 Å². The van der Waals surface area contributed by atoms with Crippen LogP contribution in [0.1, 0.15) is 111 Å². The summed E-state index contributed by atoms with van der Waals surface area (Å²) in [6.45, 7) is 29.9. The Hall–Kier alpha value is -4.24. The summed E-state index contributed by atoms with van der Waals surface area (Å²) in [5.41, 5.74) is 16.6. The van der Waals surface area contributed by atoms with Gasteiger partial charge in [-0.2, -0.15) is 0 Å². The third-order valence-electron chi connectivity index (χ3n) is 10.8. The van der Waals surface area contributed by atoms with E-state index in [9.17, 15) is 0 Å². The SMILES string of the molecule is Cc1cc2c3c(c1)N(c1ccc(C(C)(C)C)cc1-c1ccc(C(C)(C)C)cc1)c1cc(C(C)(C)C)ccc1B3c1cc(C(C)(C)C)ccc1O2. The highest BCUT2D eigenvalue weighted by Crippen LogP contribution is 2.47. The molecule has 0 aliphatic carbocycles. The molecule has 0 radical (unpaired) electrons. The summed E-state index contributed by atoms with van der Waals surface area (Å²) in [4.78, 5) is 2.55. The van der Waals surface area contributed by atoms with Gasteiger partial charge in [0.15, 0.2) is 0 Å². The van der Waals surface area contributed by atoms with Gasteiger partial charge in [-0.25, -0.2) is 0 Å². The van der Waals surface area contributed by atoms with Crippen molar-refractivity contribution in [3.8, 4) is 22.6 Å². The van der Waals surface area contributed by atoms with Crippen molar-refractivity contribution in [1.29, 1.82) is 0 Å². The standard InChI is InChI=1S/C47H54BNO/c1-29-24-40-43-42(25-29)50-41-23-20-33(46(8,9)10)27-37(41)48(43)36-21-18-34(47(11,12)13)28-39(36)49(40)38-22-19-32(45(5,6)7)26-35(38)30-14-16-31(17-15-30)44(2,3)4/h14-28H,1-13H3. The molecule has 0 saturated heterocycles. The van der Waals surface area contributed by atoms with E-state index in [0.29, 0.717) is 0 Å². The molecule has 2 heterocycles. The van der Waals surface area contributed by atoms with Crippen LogP contribution >= 0.6 is 0 Å². The number of anilines is 3. The average Bonchev–Trinajstić information content (AvgIpc) is 3.02. The first-order valence-corrected chi connectivity index (χ1v) is 18.4. The van der Waals surface area contributed by atoms with Crippen LogP contribution in [0.5, 0.6) is 11.5 Å². The molecule has 0 atom stereocenters. The fraction of sp³-hybridized carbons (Fsp3) is 0.362. The molecule has 2 nitrogen and oxygen atoms in total. The highest BCUT2D eigenvalue weighted by molar-refractivity contribution is 6.99. The lowest BCUT2D eigenvalue weighted by molar-refractivity contribution is 0.486. The average molecular weight is 660 g/mol. The molecule has 0 fully saturated rings. The molecule has 0 spiro atoms. The van der Waals surface area contributed by atoms with Crippen LogP contribution in [-0.4, -0.2) is 6.71 Å². The molecule has 0 unspecified atom stereocenters. The van der Waals surface area contributed by atoms with E-state index in [1.54, 1.807) is 0 Å². The zero-order chi connectivity index (χ0) is 36.1. The summed E-state index contributed by atoms with van der Waals surface area (Å²) in [6, 6.07) is 35.1. The summed E-state index contributed by atoms with van der Waals surface area (Å²) in [6.07, 6.45) is 0. The topological polar surface area (TPSA) is 12.5 Å². The Morgan fingerprint density at radius 2 is 1.00 bits per heavy atom. The minimum atomic E-state index is -0.00651. The van der Waals surface area contributed by atoms with Crippen LogP contribution in [-0.2, 0) is 21.7 Å². The van der Waals surface area contributed by atoms with Crippen LogP contribution in [0.25, 0.3) is 11.1 Å². The fourth-order valence-corrected chi connectivity index (χ4v) is 7.65. The predicted octanol–water partition coefficient (Wildman–Crippen LogP) is 11.3. The van der Waals surface area contributed by atoms with Gasteiger partial charge in [0.25, 0.3) is 6.71 Å². The highest BCUT2D eigenvalue weighted by atomic mass is 16.5. The van der Waals surface area contributed by atoms with Crippen molar-refractivity contribution in [3.63, 3.8) is 0 Å². The van der Waals surface area contributed by atoms with Gasteiger partial charge in [-0.05, 0) is 115 Å². The molecule has 0 amide bonds. The number of hydrogen-bond acceptors (Lipinski definition) is 2. The monoisotopic (exact) mass is 659 g/mol. The first kappa shape index (κ1) is 34.2. The Balaban J connectivity index is 1.55. The molecule has 7 rings (SSSR count). The minimum Gasteiger partial charge on any atom is -0.458 e. The zero-order valence-electron chi connectivity index (χ0n) is 32.6. The molecule has 0 aromatic heterocycles. The van der Waals surface area contributed by atoms with Crippen molar-refractivity contribution in [2.75, 3.05) is 4.90 Å². The molecule has 5 aromatic carbocycles. The molecule has 0 bridgehead atoms. The molecule has 50 heavy (non-hydrogen) atoms. The second-order valence-corrected chi connectivity index (χ2v) is 18.9. The third kappa shape index (κ3) is 5.87. The van der Waals surface area contributed by atoms with Crippen LogP contribution < -0.4 is 26.0 Å². The first-order chi connectivity index (χ1) is 23.2. The maximum absolute atomic E-state index is 6.85. The Bertz CT molecular complexity index is 2130. The summed E-state index contributed by atoms with van der Waals surface area (Å²) in [5, 5.41) is 0. The van der Waals surface area contributed by atoms with Crippen LogP contribution in [0.3, 0.4) is 0 Å². The van der Waals surface area contributed by atoms with Gasteiger partial charge in [-0.3, -0.25) is 0 Å². The molecule has 256 valence electrons. The van der Waals surface area contributed by atoms with E-state index in [-0.39, 0.29) is 28.4 Å². The smallest absolute Gasteiger partial charge is 0.256 e. The van der Waals surface area contributed by atoms with Gasteiger partial charge in [0.05, 0.1) is 5.69 Å². The molecule has 5 aromatic rings. The van der Waals surface area contributed by atoms with Crippen LogP contribution in [0, 0.1) is 6.92 Å². The van der Waals surface area contributed by atoms with E-state index in [4.69, 9.17) is 4.74 Å². The van der Waals surface area contributed by atoms with Gasteiger partial charge in [-0.1, -0.05) is 138 Å². The maximum Gasteiger partial charge on any atom is 0.256 e. The van der Waals surface area contributed by atoms with Gasteiger partial charge in [-0.15, -0.1) is 0 Å².